The maximum atomic E-state index is 13.7. The minimum atomic E-state index is -0.622. The van der Waals surface area contributed by atoms with Crippen LogP contribution in [0, 0.1) is 11.6 Å². The van der Waals surface area contributed by atoms with Gasteiger partial charge in [0.15, 0.2) is 5.76 Å². The van der Waals surface area contributed by atoms with Gasteiger partial charge in [0.25, 0.3) is 0 Å². The number of para-hydroxylation sites is 1. The summed E-state index contributed by atoms with van der Waals surface area (Å²) in [7, 11) is 0. The molecule has 30 heavy (non-hydrogen) atoms. The molecular formula is C23H14ClF2NO3. The first-order chi connectivity index (χ1) is 14.4. The zero-order chi connectivity index (χ0) is 21.3. The molecule has 0 unspecified atom stereocenters. The number of carbonyl (C=O) groups excluding carboxylic acids is 2. The molecule has 0 aliphatic rings. The van der Waals surface area contributed by atoms with E-state index in [0.29, 0.717) is 16.5 Å². The van der Waals surface area contributed by atoms with Gasteiger partial charge in [-0.25, -0.2) is 8.78 Å². The molecule has 0 aliphatic carbocycles. The monoisotopic (exact) mass is 425 g/mol. The predicted molar refractivity (Wildman–Crippen MR) is 110 cm³/mol. The highest BCUT2D eigenvalue weighted by Gasteiger charge is 2.23. The third-order valence-electron chi connectivity index (χ3n) is 4.52. The van der Waals surface area contributed by atoms with E-state index in [1.54, 1.807) is 30.3 Å². The molecule has 1 aromatic heterocycles. The minimum Gasteiger partial charge on any atom is -0.450 e. The van der Waals surface area contributed by atoms with Gasteiger partial charge in [-0.3, -0.25) is 9.59 Å². The zero-order valence-corrected chi connectivity index (χ0v) is 16.2. The number of nitrogens with one attached hydrogen (secondary N) is 1. The maximum absolute atomic E-state index is 13.7. The summed E-state index contributed by atoms with van der Waals surface area (Å²) < 4.78 is 32.6. The molecule has 1 heterocycles. The number of anilines is 1. The second-order valence-corrected chi connectivity index (χ2v) is 7.02. The number of rotatable bonds is 5. The molecule has 150 valence electrons. The van der Waals surface area contributed by atoms with Gasteiger partial charge in [-0.05, 0) is 54.1 Å². The van der Waals surface area contributed by atoms with E-state index in [2.05, 4.69) is 5.32 Å². The predicted octanol–water partition coefficient (Wildman–Crippen LogP) is 5.78. The second-order valence-electron chi connectivity index (χ2n) is 6.61. The number of fused-ring (bicyclic) bond motifs is 1. The number of hydrogen-bond acceptors (Lipinski definition) is 3. The number of carbonyl (C=O) groups is 2. The molecule has 7 heteroatoms. The molecule has 0 spiro atoms. The van der Waals surface area contributed by atoms with Crippen molar-refractivity contribution in [3.63, 3.8) is 0 Å². The Morgan fingerprint density at radius 3 is 2.43 bits per heavy atom. The van der Waals surface area contributed by atoms with Crippen LogP contribution < -0.4 is 5.32 Å². The maximum Gasteiger partial charge on any atom is 0.230 e. The Kier molecular flexibility index (Phi) is 5.33. The van der Waals surface area contributed by atoms with Crippen molar-refractivity contribution in [1.82, 2.24) is 0 Å². The van der Waals surface area contributed by atoms with Crippen LogP contribution in [0.15, 0.2) is 71.1 Å². The number of halogens is 3. The molecule has 1 amide bonds. The number of hydrogen-bond donors (Lipinski definition) is 1. The highest BCUT2D eigenvalue weighted by molar-refractivity contribution is 6.30. The van der Waals surface area contributed by atoms with Gasteiger partial charge in [-0.15, -0.1) is 0 Å². The third kappa shape index (κ3) is 3.95. The first-order valence-electron chi connectivity index (χ1n) is 8.98. The summed E-state index contributed by atoms with van der Waals surface area (Å²) in [6, 6.07) is 16.0. The Morgan fingerprint density at radius 2 is 1.70 bits per heavy atom. The van der Waals surface area contributed by atoms with Gasteiger partial charge in [0, 0.05) is 10.9 Å². The molecule has 0 radical (unpaired) electrons. The minimum absolute atomic E-state index is 0.0350. The standard InChI is InChI=1S/C23H14ClF2NO3/c24-17-10-5-13(11-18(17)26)12-20(28)27-21-16-3-1-2-4-19(16)30-23(21)22(29)14-6-8-15(25)9-7-14/h1-11H,12H2,(H,27,28). The van der Waals surface area contributed by atoms with Crippen LogP contribution in [0.1, 0.15) is 21.7 Å². The van der Waals surface area contributed by atoms with Crippen LogP contribution in [0.5, 0.6) is 0 Å². The molecule has 0 aliphatic heterocycles. The zero-order valence-electron chi connectivity index (χ0n) is 15.4. The lowest BCUT2D eigenvalue weighted by molar-refractivity contribution is -0.115. The molecule has 3 aromatic carbocycles. The van der Waals surface area contributed by atoms with E-state index < -0.39 is 23.3 Å². The second kappa shape index (κ2) is 8.08. The van der Waals surface area contributed by atoms with E-state index in [4.69, 9.17) is 16.0 Å². The van der Waals surface area contributed by atoms with Crippen LogP contribution >= 0.6 is 11.6 Å². The highest BCUT2D eigenvalue weighted by atomic mass is 35.5. The number of ketones is 1. The quantitative estimate of drug-likeness (QED) is 0.412. The summed E-state index contributed by atoms with van der Waals surface area (Å²) in [5.41, 5.74) is 1.26. The van der Waals surface area contributed by atoms with E-state index in [1.807, 2.05) is 0 Å². The Balaban J connectivity index is 1.67. The summed E-state index contributed by atoms with van der Waals surface area (Å²) >= 11 is 5.67. The van der Waals surface area contributed by atoms with Crippen molar-refractivity contribution in [3.8, 4) is 0 Å². The van der Waals surface area contributed by atoms with E-state index in [0.717, 1.165) is 0 Å². The molecule has 0 atom stereocenters. The van der Waals surface area contributed by atoms with Crippen LogP contribution in [-0.2, 0) is 11.2 Å². The topological polar surface area (TPSA) is 59.3 Å². The van der Waals surface area contributed by atoms with Gasteiger partial charge < -0.3 is 9.73 Å². The largest absolute Gasteiger partial charge is 0.450 e. The molecule has 4 rings (SSSR count). The van der Waals surface area contributed by atoms with Crippen LogP contribution in [0.2, 0.25) is 5.02 Å². The molecule has 4 aromatic rings. The lowest BCUT2D eigenvalue weighted by atomic mass is 10.1. The summed E-state index contributed by atoms with van der Waals surface area (Å²) in [4.78, 5) is 25.5. The molecule has 0 bridgehead atoms. The normalized spacial score (nSPS) is 10.9. The Labute approximate surface area is 175 Å². The van der Waals surface area contributed by atoms with Crippen molar-refractivity contribution < 1.29 is 22.8 Å². The molecule has 0 saturated carbocycles. The number of amides is 1. The molecule has 0 fully saturated rings. The summed E-state index contributed by atoms with van der Waals surface area (Å²) in [5, 5.41) is 3.20. The summed E-state index contributed by atoms with van der Waals surface area (Å²) in [6.07, 6.45) is -0.127. The summed E-state index contributed by atoms with van der Waals surface area (Å²) in [5.74, 6) is -2.13. The van der Waals surface area contributed by atoms with Crippen molar-refractivity contribution >= 4 is 39.9 Å². The first-order valence-corrected chi connectivity index (χ1v) is 9.36. The molecule has 4 nitrogen and oxygen atoms in total. The van der Waals surface area contributed by atoms with Gasteiger partial charge >= 0.3 is 0 Å². The number of furan rings is 1. The lowest BCUT2D eigenvalue weighted by Gasteiger charge is -2.07. The fourth-order valence-corrected chi connectivity index (χ4v) is 3.20. The summed E-state index contributed by atoms with van der Waals surface area (Å²) in [6.45, 7) is 0. The van der Waals surface area contributed by atoms with Crippen molar-refractivity contribution in [3.05, 3.63) is 100 Å². The first kappa shape index (κ1) is 19.8. The molecule has 1 N–H and O–H groups in total. The van der Waals surface area contributed by atoms with Crippen LogP contribution in [0.25, 0.3) is 11.0 Å². The van der Waals surface area contributed by atoms with E-state index in [9.17, 15) is 18.4 Å². The van der Waals surface area contributed by atoms with Crippen molar-refractivity contribution in [2.45, 2.75) is 6.42 Å². The van der Waals surface area contributed by atoms with Crippen molar-refractivity contribution in [2.24, 2.45) is 0 Å². The Morgan fingerprint density at radius 1 is 0.967 bits per heavy atom. The lowest BCUT2D eigenvalue weighted by Crippen LogP contribution is -2.16. The van der Waals surface area contributed by atoms with Gasteiger partial charge in [0.1, 0.15) is 17.2 Å². The van der Waals surface area contributed by atoms with Crippen LogP contribution in [-0.4, -0.2) is 11.7 Å². The van der Waals surface area contributed by atoms with Crippen LogP contribution in [0.3, 0.4) is 0 Å². The Hall–Kier alpha value is -3.51. The fraction of sp³-hybridized carbons (Fsp3) is 0.0435. The Bertz CT molecular complexity index is 1270. The third-order valence-corrected chi connectivity index (χ3v) is 4.83. The van der Waals surface area contributed by atoms with Crippen molar-refractivity contribution in [2.75, 3.05) is 5.32 Å². The van der Waals surface area contributed by atoms with E-state index >= 15 is 0 Å². The van der Waals surface area contributed by atoms with Gasteiger partial charge in [0.2, 0.25) is 11.7 Å². The van der Waals surface area contributed by atoms with E-state index in [-0.39, 0.29) is 28.5 Å². The number of benzene rings is 3. The SMILES string of the molecule is O=C(Cc1ccc(Cl)c(F)c1)Nc1c(C(=O)c2ccc(F)cc2)oc2ccccc12. The van der Waals surface area contributed by atoms with Crippen molar-refractivity contribution in [1.29, 1.82) is 0 Å². The smallest absolute Gasteiger partial charge is 0.230 e. The average Bonchev–Trinajstić information content (AvgIpc) is 3.09. The van der Waals surface area contributed by atoms with Crippen LogP contribution in [0.4, 0.5) is 14.5 Å². The van der Waals surface area contributed by atoms with E-state index in [1.165, 1.54) is 36.4 Å². The highest BCUT2D eigenvalue weighted by Crippen LogP contribution is 2.32. The molecule has 0 saturated heterocycles. The van der Waals surface area contributed by atoms with Gasteiger partial charge in [-0.2, -0.15) is 0 Å². The fourth-order valence-electron chi connectivity index (χ4n) is 3.08. The van der Waals surface area contributed by atoms with Gasteiger partial charge in [0.05, 0.1) is 17.1 Å². The molecular weight excluding hydrogens is 412 g/mol. The van der Waals surface area contributed by atoms with Gasteiger partial charge in [-0.1, -0.05) is 29.8 Å². The average molecular weight is 426 g/mol.